The SMILES string of the molecule is CC(C)C(N)C(=O)NCC(=O)NC(C(=O)NC(Cc1c[nH]c2ccccc12)C(=O)O)C(C)O. The largest absolute Gasteiger partial charge is 0.480 e. The van der Waals surface area contributed by atoms with Gasteiger partial charge in [0.15, 0.2) is 0 Å². The molecule has 1 heterocycles. The Labute approximate surface area is 191 Å². The highest BCUT2D eigenvalue weighted by Crippen LogP contribution is 2.19. The maximum Gasteiger partial charge on any atom is 0.326 e. The van der Waals surface area contributed by atoms with Crippen molar-refractivity contribution < 1.29 is 29.4 Å². The fraction of sp³-hybridized carbons (Fsp3) is 0.455. The number of benzene rings is 1. The quantitative estimate of drug-likeness (QED) is 0.229. The van der Waals surface area contributed by atoms with E-state index in [9.17, 15) is 29.4 Å². The van der Waals surface area contributed by atoms with Crippen molar-refractivity contribution in [1.29, 1.82) is 0 Å². The van der Waals surface area contributed by atoms with Gasteiger partial charge >= 0.3 is 5.97 Å². The van der Waals surface area contributed by atoms with E-state index in [2.05, 4.69) is 20.9 Å². The smallest absolute Gasteiger partial charge is 0.326 e. The highest BCUT2D eigenvalue weighted by atomic mass is 16.4. The van der Waals surface area contributed by atoms with Gasteiger partial charge in [-0.05, 0) is 24.5 Å². The number of carboxylic acids is 1. The summed E-state index contributed by atoms with van der Waals surface area (Å²) in [6, 6.07) is 3.83. The minimum atomic E-state index is -1.42. The number of aliphatic hydroxyl groups is 1. The molecule has 4 unspecified atom stereocenters. The summed E-state index contributed by atoms with van der Waals surface area (Å²) in [5.41, 5.74) is 7.24. The first-order valence-electron chi connectivity index (χ1n) is 10.6. The van der Waals surface area contributed by atoms with Gasteiger partial charge in [-0.15, -0.1) is 0 Å². The minimum absolute atomic E-state index is 0.00525. The van der Waals surface area contributed by atoms with E-state index in [1.807, 2.05) is 24.3 Å². The lowest BCUT2D eigenvalue weighted by Gasteiger charge is -2.23. The van der Waals surface area contributed by atoms with Crippen LogP contribution in [0.2, 0.25) is 0 Å². The summed E-state index contributed by atoms with van der Waals surface area (Å²) >= 11 is 0. The molecular formula is C22H31N5O6. The summed E-state index contributed by atoms with van der Waals surface area (Å²) in [5.74, 6) is -3.52. The first-order valence-corrected chi connectivity index (χ1v) is 10.6. The molecule has 0 aliphatic heterocycles. The Balaban J connectivity index is 2.02. The molecule has 11 nitrogen and oxygen atoms in total. The molecule has 11 heteroatoms. The Morgan fingerprint density at radius 2 is 1.73 bits per heavy atom. The van der Waals surface area contributed by atoms with Crippen LogP contribution in [0.5, 0.6) is 0 Å². The van der Waals surface area contributed by atoms with Crippen LogP contribution in [0.3, 0.4) is 0 Å². The number of rotatable bonds is 11. The fourth-order valence-corrected chi connectivity index (χ4v) is 3.20. The van der Waals surface area contributed by atoms with Crippen molar-refractivity contribution >= 4 is 34.6 Å². The van der Waals surface area contributed by atoms with E-state index in [1.54, 1.807) is 20.0 Å². The maximum absolute atomic E-state index is 12.7. The van der Waals surface area contributed by atoms with E-state index in [1.165, 1.54) is 6.92 Å². The third-order valence-electron chi connectivity index (χ3n) is 5.24. The number of carboxylic acid groups (broad SMARTS) is 1. The van der Waals surface area contributed by atoms with Gasteiger partial charge in [-0.1, -0.05) is 32.0 Å². The zero-order chi connectivity index (χ0) is 24.7. The van der Waals surface area contributed by atoms with Crippen LogP contribution in [0.15, 0.2) is 30.5 Å². The van der Waals surface area contributed by atoms with Crippen molar-refractivity contribution in [2.75, 3.05) is 6.54 Å². The van der Waals surface area contributed by atoms with Crippen LogP contribution in [0.4, 0.5) is 0 Å². The number of amides is 3. The first kappa shape index (κ1) is 25.8. The number of aromatic nitrogens is 1. The molecule has 0 saturated heterocycles. The van der Waals surface area contributed by atoms with Crippen LogP contribution < -0.4 is 21.7 Å². The van der Waals surface area contributed by atoms with Gasteiger partial charge in [0.2, 0.25) is 17.7 Å². The number of nitrogens with two attached hydrogens (primary N) is 1. The zero-order valence-electron chi connectivity index (χ0n) is 18.8. The summed E-state index contributed by atoms with van der Waals surface area (Å²) in [7, 11) is 0. The molecule has 0 saturated carbocycles. The predicted octanol–water partition coefficient (Wildman–Crippen LogP) is -0.755. The van der Waals surface area contributed by atoms with Gasteiger partial charge in [0, 0.05) is 23.5 Å². The van der Waals surface area contributed by atoms with Gasteiger partial charge < -0.3 is 36.9 Å². The van der Waals surface area contributed by atoms with E-state index in [0.29, 0.717) is 5.56 Å². The second kappa shape index (κ2) is 11.4. The normalized spacial score (nSPS) is 14.8. The number of aliphatic carboxylic acids is 1. The number of fused-ring (bicyclic) bond motifs is 1. The number of aromatic amines is 1. The minimum Gasteiger partial charge on any atom is -0.480 e. The van der Waals surface area contributed by atoms with Gasteiger partial charge in [-0.3, -0.25) is 14.4 Å². The molecule has 0 aliphatic carbocycles. The summed E-state index contributed by atoms with van der Waals surface area (Å²) < 4.78 is 0. The second-order valence-electron chi connectivity index (χ2n) is 8.24. The molecule has 0 radical (unpaired) electrons. The van der Waals surface area contributed by atoms with E-state index in [4.69, 9.17) is 5.73 Å². The number of carbonyl (C=O) groups is 4. The molecule has 0 bridgehead atoms. The van der Waals surface area contributed by atoms with Crippen molar-refractivity contribution in [1.82, 2.24) is 20.9 Å². The second-order valence-corrected chi connectivity index (χ2v) is 8.24. The van der Waals surface area contributed by atoms with Crippen molar-refractivity contribution in [3.05, 3.63) is 36.0 Å². The van der Waals surface area contributed by atoms with E-state index in [-0.39, 0.29) is 12.3 Å². The van der Waals surface area contributed by atoms with Crippen LogP contribution in [-0.4, -0.2) is 69.7 Å². The third-order valence-corrected chi connectivity index (χ3v) is 5.24. The molecule has 3 amide bonds. The highest BCUT2D eigenvalue weighted by molar-refractivity contribution is 5.93. The first-order chi connectivity index (χ1) is 15.5. The van der Waals surface area contributed by atoms with Crippen LogP contribution in [0, 0.1) is 5.92 Å². The monoisotopic (exact) mass is 461 g/mol. The number of carbonyl (C=O) groups excluding carboxylic acids is 3. The van der Waals surface area contributed by atoms with Gasteiger partial charge in [0.1, 0.15) is 12.1 Å². The molecule has 2 rings (SSSR count). The van der Waals surface area contributed by atoms with Gasteiger partial charge in [-0.2, -0.15) is 0 Å². The van der Waals surface area contributed by atoms with E-state index in [0.717, 1.165) is 10.9 Å². The highest BCUT2D eigenvalue weighted by Gasteiger charge is 2.30. The van der Waals surface area contributed by atoms with E-state index >= 15 is 0 Å². The average Bonchev–Trinajstić information content (AvgIpc) is 3.17. The van der Waals surface area contributed by atoms with Crippen molar-refractivity contribution in [3.8, 4) is 0 Å². The number of H-pyrrole nitrogens is 1. The number of hydrogen-bond acceptors (Lipinski definition) is 6. The summed E-state index contributed by atoms with van der Waals surface area (Å²) in [6.07, 6.45) is 0.352. The van der Waals surface area contributed by atoms with E-state index < -0.39 is 54.5 Å². The molecule has 2 aromatic rings. The fourth-order valence-electron chi connectivity index (χ4n) is 3.20. The van der Waals surface area contributed by atoms with Gasteiger partial charge in [0.25, 0.3) is 0 Å². The topological polar surface area (TPSA) is 187 Å². The average molecular weight is 462 g/mol. The maximum atomic E-state index is 12.7. The van der Waals surface area contributed by atoms with Gasteiger partial charge in [-0.25, -0.2) is 4.79 Å². The molecule has 0 fully saturated rings. The van der Waals surface area contributed by atoms with Crippen molar-refractivity contribution in [2.45, 2.75) is 51.4 Å². The number of aliphatic hydroxyl groups excluding tert-OH is 1. The Morgan fingerprint density at radius 3 is 2.33 bits per heavy atom. The van der Waals surface area contributed by atoms with Crippen molar-refractivity contribution in [3.63, 3.8) is 0 Å². The lowest BCUT2D eigenvalue weighted by molar-refractivity contribution is -0.142. The molecular weight excluding hydrogens is 430 g/mol. The standard InChI is InChI=1S/C22H31N5O6/c1-11(2)18(23)20(30)25-10-17(29)27-19(12(3)28)21(31)26-16(22(32)33)8-13-9-24-15-7-5-4-6-14(13)15/h4-7,9,11-12,16,18-19,24,28H,8,10,23H2,1-3H3,(H,25,30)(H,26,31)(H,27,29)(H,32,33). The predicted molar refractivity (Wildman–Crippen MR) is 121 cm³/mol. The zero-order valence-corrected chi connectivity index (χ0v) is 18.8. The molecule has 180 valence electrons. The molecule has 1 aromatic carbocycles. The van der Waals surface area contributed by atoms with Crippen LogP contribution in [0.1, 0.15) is 26.3 Å². The van der Waals surface area contributed by atoms with Crippen molar-refractivity contribution in [2.24, 2.45) is 11.7 Å². The molecule has 1 aromatic heterocycles. The van der Waals surface area contributed by atoms with Crippen LogP contribution >= 0.6 is 0 Å². The Morgan fingerprint density at radius 1 is 1.06 bits per heavy atom. The Bertz CT molecular complexity index is 1000. The Kier molecular flexibility index (Phi) is 8.94. The molecule has 4 atom stereocenters. The number of nitrogens with one attached hydrogen (secondary N) is 4. The molecule has 8 N–H and O–H groups in total. The molecule has 33 heavy (non-hydrogen) atoms. The lowest BCUT2D eigenvalue weighted by Crippen LogP contribution is -2.57. The number of hydrogen-bond donors (Lipinski definition) is 7. The molecule has 0 aliphatic rings. The Hall–Kier alpha value is -3.44. The van der Waals surface area contributed by atoms with Crippen LogP contribution in [-0.2, 0) is 25.6 Å². The van der Waals surface area contributed by atoms with Crippen LogP contribution in [0.25, 0.3) is 10.9 Å². The lowest BCUT2D eigenvalue weighted by atomic mass is 10.0. The summed E-state index contributed by atoms with van der Waals surface area (Å²) in [6.45, 7) is 4.35. The summed E-state index contributed by atoms with van der Waals surface area (Å²) in [4.78, 5) is 51.6. The number of para-hydroxylation sites is 1. The summed E-state index contributed by atoms with van der Waals surface area (Å²) in [5, 5.41) is 27.5. The molecule has 0 spiro atoms. The third kappa shape index (κ3) is 7.02. The van der Waals surface area contributed by atoms with Gasteiger partial charge in [0.05, 0.1) is 18.7 Å².